The van der Waals surface area contributed by atoms with Crippen LogP contribution in [0.3, 0.4) is 0 Å². The second-order valence-electron chi connectivity index (χ2n) is 4.50. The number of guanidine groups is 1. The Kier molecular flexibility index (Phi) is 9.74. The van der Waals surface area contributed by atoms with Crippen molar-refractivity contribution in [1.82, 2.24) is 10.6 Å². The predicted octanol–water partition coefficient (Wildman–Crippen LogP) is 3.76. The van der Waals surface area contributed by atoms with Crippen LogP contribution in [0.5, 0.6) is 0 Å². The number of benzene rings is 2. The third-order valence-electron chi connectivity index (χ3n) is 2.93. The number of thioether (sulfide) groups is 1. The van der Waals surface area contributed by atoms with Gasteiger partial charge >= 0.3 is 0 Å². The highest BCUT2D eigenvalue weighted by Gasteiger charge is 1.98. The Bertz CT molecular complexity index is 546. The molecule has 2 aromatic carbocycles. The predicted molar refractivity (Wildman–Crippen MR) is 107 cm³/mol. The lowest BCUT2D eigenvalue weighted by atomic mass is 10.2. The van der Waals surface area contributed by atoms with E-state index < -0.39 is 0 Å². The van der Waals surface area contributed by atoms with Gasteiger partial charge in [-0.1, -0.05) is 48.5 Å². The molecule has 0 fully saturated rings. The van der Waals surface area contributed by atoms with Gasteiger partial charge in [0.15, 0.2) is 5.96 Å². The summed E-state index contributed by atoms with van der Waals surface area (Å²) < 4.78 is 0. The molecular weight excluding hydrogens is 405 g/mol. The van der Waals surface area contributed by atoms with Crippen LogP contribution in [0.1, 0.15) is 5.56 Å². The SMILES string of the molecule is CN=C(NCCSc1ccccc1)NCc1ccccc1.I. The first-order valence-electron chi connectivity index (χ1n) is 7.05. The van der Waals surface area contributed by atoms with E-state index >= 15 is 0 Å². The van der Waals surface area contributed by atoms with Gasteiger partial charge in [-0.2, -0.15) is 0 Å². The van der Waals surface area contributed by atoms with Crippen molar-refractivity contribution in [3.05, 3.63) is 66.2 Å². The minimum absolute atomic E-state index is 0. The monoisotopic (exact) mass is 427 g/mol. The van der Waals surface area contributed by atoms with Gasteiger partial charge < -0.3 is 10.6 Å². The van der Waals surface area contributed by atoms with Gasteiger partial charge in [0.1, 0.15) is 0 Å². The number of rotatable bonds is 6. The minimum Gasteiger partial charge on any atom is -0.356 e. The van der Waals surface area contributed by atoms with Gasteiger partial charge in [-0.15, -0.1) is 35.7 Å². The Morgan fingerprint density at radius 1 is 0.955 bits per heavy atom. The van der Waals surface area contributed by atoms with E-state index in [4.69, 9.17) is 0 Å². The van der Waals surface area contributed by atoms with E-state index in [-0.39, 0.29) is 24.0 Å². The van der Waals surface area contributed by atoms with Crippen LogP contribution in [0.2, 0.25) is 0 Å². The second-order valence-corrected chi connectivity index (χ2v) is 5.67. The molecule has 3 nitrogen and oxygen atoms in total. The number of halogens is 1. The molecule has 0 aliphatic heterocycles. The molecule has 2 aromatic rings. The van der Waals surface area contributed by atoms with Crippen LogP contribution < -0.4 is 10.6 Å². The third kappa shape index (κ3) is 7.17. The van der Waals surface area contributed by atoms with Crippen LogP contribution in [-0.2, 0) is 6.54 Å². The molecule has 0 unspecified atom stereocenters. The molecule has 0 aliphatic carbocycles. The molecule has 0 bridgehead atoms. The summed E-state index contributed by atoms with van der Waals surface area (Å²) in [5, 5.41) is 6.64. The molecule has 2 rings (SSSR count). The Morgan fingerprint density at radius 3 is 2.23 bits per heavy atom. The number of nitrogens with zero attached hydrogens (tertiary/aromatic N) is 1. The first kappa shape index (κ1) is 18.8. The van der Waals surface area contributed by atoms with Crippen molar-refractivity contribution in [3.63, 3.8) is 0 Å². The van der Waals surface area contributed by atoms with Crippen molar-refractivity contribution < 1.29 is 0 Å². The topological polar surface area (TPSA) is 36.4 Å². The fraction of sp³-hybridized carbons (Fsp3) is 0.235. The maximum atomic E-state index is 4.23. The van der Waals surface area contributed by atoms with Gasteiger partial charge in [0.2, 0.25) is 0 Å². The lowest BCUT2D eigenvalue weighted by Gasteiger charge is -2.11. The van der Waals surface area contributed by atoms with Crippen LogP contribution in [0.25, 0.3) is 0 Å². The van der Waals surface area contributed by atoms with E-state index in [1.165, 1.54) is 10.5 Å². The van der Waals surface area contributed by atoms with Crippen molar-refractivity contribution in [2.24, 2.45) is 4.99 Å². The highest BCUT2D eigenvalue weighted by Crippen LogP contribution is 2.15. The van der Waals surface area contributed by atoms with E-state index in [9.17, 15) is 0 Å². The first-order valence-corrected chi connectivity index (χ1v) is 8.03. The number of aliphatic imine (C=N–C) groups is 1. The van der Waals surface area contributed by atoms with Gasteiger partial charge in [-0.05, 0) is 17.7 Å². The highest BCUT2D eigenvalue weighted by molar-refractivity contribution is 14.0. The Morgan fingerprint density at radius 2 is 1.59 bits per heavy atom. The lowest BCUT2D eigenvalue weighted by Crippen LogP contribution is -2.37. The van der Waals surface area contributed by atoms with Crippen molar-refractivity contribution >= 4 is 41.7 Å². The average molecular weight is 427 g/mol. The van der Waals surface area contributed by atoms with Crippen LogP contribution in [0.15, 0.2) is 70.6 Å². The summed E-state index contributed by atoms with van der Waals surface area (Å²) in [6, 6.07) is 20.8. The van der Waals surface area contributed by atoms with Gasteiger partial charge in [-0.3, -0.25) is 4.99 Å². The van der Waals surface area contributed by atoms with Crippen LogP contribution in [0, 0.1) is 0 Å². The zero-order valence-electron chi connectivity index (χ0n) is 12.7. The van der Waals surface area contributed by atoms with Crippen molar-refractivity contribution in [1.29, 1.82) is 0 Å². The second kappa shape index (κ2) is 11.4. The summed E-state index contributed by atoms with van der Waals surface area (Å²) >= 11 is 1.84. The molecule has 0 heterocycles. The zero-order valence-corrected chi connectivity index (χ0v) is 15.8. The Balaban J connectivity index is 0.00000242. The van der Waals surface area contributed by atoms with Crippen molar-refractivity contribution in [2.75, 3.05) is 19.3 Å². The maximum Gasteiger partial charge on any atom is 0.191 e. The van der Waals surface area contributed by atoms with Crippen molar-refractivity contribution in [2.45, 2.75) is 11.4 Å². The number of hydrogen-bond donors (Lipinski definition) is 2. The smallest absolute Gasteiger partial charge is 0.191 e. The first-order chi connectivity index (χ1) is 10.4. The van der Waals surface area contributed by atoms with E-state index in [0.717, 1.165) is 24.8 Å². The summed E-state index contributed by atoms with van der Waals surface area (Å²) in [6.07, 6.45) is 0. The third-order valence-corrected chi connectivity index (χ3v) is 3.95. The molecular formula is C17H22IN3S. The number of nitrogens with one attached hydrogen (secondary N) is 2. The summed E-state index contributed by atoms with van der Waals surface area (Å²) in [6.45, 7) is 1.67. The standard InChI is InChI=1S/C17H21N3S.HI/c1-18-17(20-14-15-8-4-2-5-9-15)19-12-13-21-16-10-6-3-7-11-16;/h2-11H,12-14H2,1H3,(H2,18,19,20);1H. The summed E-state index contributed by atoms with van der Waals surface area (Å²) in [7, 11) is 1.80. The van der Waals surface area contributed by atoms with Gasteiger partial charge in [0.05, 0.1) is 0 Å². The van der Waals surface area contributed by atoms with E-state index in [1.807, 2.05) is 36.0 Å². The Labute approximate surface area is 154 Å². The summed E-state index contributed by atoms with van der Waals surface area (Å²) in [4.78, 5) is 5.53. The quantitative estimate of drug-likeness (QED) is 0.242. The van der Waals surface area contributed by atoms with Gasteiger partial charge in [0.25, 0.3) is 0 Å². The molecule has 0 atom stereocenters. The number of hydrogen-bond acceptors (Lipinski definition) is 2. The zero-order chi connectivity index (χ0) is 14.8. The molecule has 0 amide bonds. The lowest BCUT2D eigenvalue weighted by molar-refractivity contribution is 0.833. The molecule has 0 saturated heterocycles. The summed E-state index contributed by atoms with van der Waals surface area (Å²) in [5.74, 6) is 1.85. The molecule has 0 saturated carbocycles. The van der Waals surface area contributed by atoms with Gasteiger partial charge in [0, 0.05) is 30.8 Å². The molecule has 0 spiro atoms. The molecule has 0 radical (unpaired) electrons. The largest absolute Gasteiger partial charge is 0.356 e. The van der Waals surface area contributed by atoms with E-state index in [1.54, 1.807) is 7.05 Å². The minimum atomic E-state index is 0. The maximum absolute atomic E-state index is 4.23. The molecule has 5 heteroatoms. The van der Waals surface area contributed by atoms with E-state index in [2.05, 4.69) is 52.0 Å². The highest BCUT2D eigenvalue weighted by atomic mass is 127. The average Bonchev–Trinajstić information content (AvgIpc) is 2.56. The molecule has 118 valence electrons. The molecule has 0 aliphatic rings. The van der Waals surface area contributed by atoms with Gasteiger partial charge in [-0.25, -0.2) is 0 Å². The molecule has 22 heavy (non-hydrogen) atoms. The van der Waals surface area contributed by atoms with Crippen LogP contribution in [0.4, 0.5) is 0 Å². The fourth-order valence-electron chi connectivity index (χ4n) is 1.86. The molecule has 2 N–H and O–H groups in total. The fourth-order valence-corrected chi connectivity index (χ4v) is 2.65. The van der Waals surface area contributed by atoms with Crippen LogP contribution in [-0.4, -0.2) is 25.3 Å². The Hall–Kier alpha value is -1.21. The molecule has 0 aromatic heterocycles. The van der Waals surface area contributed by atoms with Crippen LogP contribution >= 0.6 is 35.7 Å². The normalized spacial score (nSPS) is 10.7. The van der Waals surface area contributed by atoms with E-state index in [0.29, 0.717) is 0 Å². The van der Waals surface area contributed by atoms with Crippen molar-refractivity contribution in [3.8, 4) is 0 Å². The summed E-state index contributed by atoms with van der Waals surface area (Å²) in [5.41, 5.74) is 1.25.